The van der Waals surface area contributed by atoms with Gasteiger partial charge in [-0.3, -0.25) is 9.89 Å². The van der Waals surface area contributed by atoms with Gasteiger partial charge in [-0.1, -0.05) is 35.3 Å². The van der Waals surface area contributed by atoms with Gasteiger partial charge in [0.2, 0.25) is 11.8 Å². The van der Waals surface area contributed by atoms with Crippen molar-refractivity contribution in [1.82, 2.24) is 10.2 Å². The summed E-state index contributed by atoms with van der Waals surface area (Å²) < 4.78 is 17.0. The SMILES string of the molecule is CCOc1cc(C2C(C#N)=C(N)Oc3n[nH]c(C)c32)ccc1OCC(=O)Nc1cccc(Cl)c1Cl. The Morgan fingerprint density at radius 2 is 2.09 bits per heavy atom. The monoisotopic (exact) mass is 513 g/mol. The lowest BCUT2D eigenvalue weighted by molar-refractivity contribution is -0.118. The van der Waals surface area contributed by atoms with Crippen LogP contribution in [-0.4, -0.2) is 29.3 Å². The number of anilines is 1. The second kappa shape index (κ2) is 10.2. The van der Waals surface area contributed by atoms with Crippen LogP contribution < -0.4 is 25.3 Å². The van der Waals surface area contributed by atoms with E-state index in [2.05, 4.69) is 21.6 Å². The summed E-state index contributed by atoms with van der Waals surface area (Å²) in [5, 5.41) is 20.0. The van der Waals surface area contributed by atoms with E-state index in [1.54, 1.807) is 36.4 Å². The number of nitrogens with one attached hydrogen (secondary N) is 2. The molecule has 1 unspecified atom stereocenters. The summed E-state index contributed by atoms with van der Waals surface area (Å²) in [6, 6.07) is 12.3. The number of nitrogens with two attached hydrogens (primary N) is 1. The van der Waals surface area contributed by atoms with Crippen LogP contribution in [0.1, 0.15) is 29.7 Å². The molecule has 2 heterocycles. The van der Waals surface area contributed by atoms with Crippen LogP contribution in [0.25, 0.3) is 0 Å². The maximum absolute atomic E-state index is 12.4. The number of nitriles is 1. The molecule has 1 aromatic heterocycles. The number of allylic oxidation sites excluding steroid dienone is 1. The molecule has 1 aliphatic heterocycles. The molecule has 0 saturated heterocycles. The van der Waals surface area contributed by atoms with E-state index < -0.39 is 11.8 Å². The Hall–Kier alpha value is -3.87. The van der Waals surface area contributed by atoms with Crippen molar-refractivity contribution in [3.05, 3.63) is 74.7 Å². The Bertz CT molecular complexity index is 1360. The molecule has 180 valence electrons. The zero-order chi connectivity index (χ0) is 25.1. The Balaban J connectivity index is 1.59. The van der Waals surface area contributed by atoms with Crippen molar-refractivity contribution in [3.63, 3.8) is 0 Å². The first-order chi connectivity index (χ1) is 16.8. The number of ether oxygens (including phenoxy) is 3. The molecular weight excluding hydrogens is 493 g/mol. The molecule has 1 atom stereocenters. The number of nitrogens with zero attached hydrogens (tertiary/aromatic N) is 2. The minimum Gasteiger partial charge on any atom is -0.490 e. The summed E-state index contributed by atoms with van der Waals surface area (Å²) >= 11 is 12.1. The molecule has 0 fully saturated rings. The molecular formula is C24H21Cl2N5O4. The zero-order valence-electron chi connectivity index (χ0n) is 18.8. The van der Waals surface area contributed by atoms with Gasteiger partial charge in [-0.15, -0.1) is 5.10 Å². The molecule has 9 nitrogen and oxygen atoms in total. The van der Waals surface area contributed by atoms with Crippen molar-refractivity contribution in [3.8, 4) is 23.4 Å². The van der Waals surface area contributed by atoms with E-state index in [-0.39, 0.29) is 23.1 Å². The predicted octanol–water partition coefficient (Wildman–Crippen LogP) is 4.66. The number of aromatic nitrogens is 2. The number of hydrogen-bond donors (Lipinski definition) is 3. The molecule has 0 saturated carbocycles. The van der Waals surface area contributed by atoms with Gasteiger partial charge in [0, 0.05) is 11.3 Å². The van der Waals surface area contributed by atoms with E-state index in [0.29, 0.717) is 40.3 Å². The molecule has 1 aliphatic rings. The molecule has 4 rings (SSSR count). The standard InChI is InChI=1S/C24H21Cl2N5O4/c1-3-33-18-9-13(21-14(10-27)23(28)35-24-20(21)12(2)30-31-24)7-8-17(18)34-11-19(32)29-16-6-4-5-15(25)22(16)26/h4-9,21H,3,11,28H2,1-2H3,(H,29,32)(H,30,31). The van der Waals surface area contributed by atoms with Gasteiger partial charge in [0.15, 0.2) is 18.1 Å². The average molecular weight is 514 g/mol. The second-order valence-corrected chi connectivity index (χ2v) is 8.35. The third-order valence-electron chi connectivity index (χ3n) is 5.31. The third-order valence-corrected chi connectivity index (χ3v) is 6.13. The zero-order valence-corrected chi connectivity index (χ0v) is 20.3. The van der Waals surface area contributed by atoms with Crippen molar-refractivity contribution in [1.29, 1.82) is 5.26 Å². The summed E-state index contributed by atoms with van der Waals surface area (Å²) in [4.78, 5) is 12.4. The van der Waals surface area contributed by atoms with Crippen LogP contribution >= 0.6 is 23.2 Å². The highest BCUT2D eigenvalue weighted by molar-refractivity contribution is 6.44. The van der Waals surface area contributed by atoms with Crippen molar-refractivity contribution in [2.24, 2.45) is 5.73 Å². The van der Waals surface area contributed by atoms with Crippen LogP contribution in [-0.2, 0) is 4.79 Å². The summed E-state index contributed by atoms with van der Waals surface area (Å²) in [6.45, 7) is 3.73. The number of benzene rings is 2. The van der Waals surface area contributed by atoms with E-state index in [9.17, 15) is 10.1 Å². The average Bonchev–Trinajstić information content (AvgIpc) is 3.20. The first kappa shape index (κ1) is 24.3. The van der Waals surface area contributed by atoms with Gasteiger partial charge < -0.3 is 25.3 Å². The van der Waals surface area contributed by atoms with Gasteiger partial charge in [-0.05, 0) is 43.7 Å². The first-order valence-corrected chi connectivity index (χ1v) is 11.4. The van der Waals surface area contributed by atoms with E-state index in [0.717, 1.165) is 11.3 Å². The Labute approximate surface area is 211 Å². The fourth-order valence-corrected chi connectivity index (χ4v) is 4.10. The highest BCUT2D eigenvalue weighted by Crippen LogP contribution is 2.44. The quantitative estimate of drug-likeness (QED) is 0.417. The van der Waals surface area contributed by atoms with Crippen molar-refractivity contribution in [2.45, 2.75) is 19.8 Å². The molecule has 2 aromatic carbocycles. The number of fused-ring (bicyclic) bond motifs is 1. The Morgan fingerprint density at radius 3 is 2.83 bits per heavy atom. The van der Waals surface area contributed by atoms with Crippen molar-refractivity contribution < 1.29 is 19.0 Å². The van der Waals surface area contributed by atoms with Gasteiger partial charge in [0.05, 0.1) is 28.3 Å². The number of aryl methyl sites for hydroxylation is 1. The maximum atomic E-state index is 12.4. The Morgan fingerprint density at radius 1 is 1.29 bits per heavy atom. The maximum Gasteiger partial charge on any atom is 0.262 e. The first-order valence-electron chi connectivity index (χ1n) is 10.6. The molecule has 0 aliphatic carbocycles. The van der Waals surface area contributed by atoms with Crippen molar-refractivity contribution >= 4 is 34.8 Å². The van der Waals surface area contributed by atoms with Gasteiger partial charge >= 0.3 is 0 Å². The normalized spacial score (nSPS) is 14.5. The van der Waals surface area contributed by atoms with Crippen LogP contribution in [0.15, 0.2) is 47.9 Å². The summed E-state index contributed by atoms with van der Waals surface area (Å²) in [7, 11) is 0. The summed E-state index contributed by atoms with van der Waals surface area (Å²) in [6.07, 6.45) is 0. The molecule has 3 aromatic rings. The highest BCUT2D eigenvalue weighted by atomic mass is 35.5. The molecule has 0 spiro atoms. The molecule has 1 amide bonds. The van der Waals surface area contributed by atoms with Gasteiger partial charge in [0.25, 0.3) is 5.91 Å². The number of rotatable bonds is 7. The lowest BCUT2D eigenvalue weighted by atomic mass is 9.84. The molecule has 0 bridgehead atoms. The topological polar surface area (TPSA) is 135 Å². The molecule has 11 heteroatoms. The highest BCUT2D eigenvalue weighted by Gasteiger charge is 2.34. The molecule has 35 heavy (non-hydrogen) atoms. The Kier molecular flexibility index (Phi) is 7.05. The minimum absolute atomic E-state index is 0.00821. The molecule has 4 N–H and O–H groups in total. The number of hydrogen-bond acceptors (Lipinski definition) is 7. The number of aromatic amines is 1. The lowest BCUT2D eigenvalue weighted by Gasteiger charge is -2.24. The summed E-state index contributed by atoms with van der Waals surface area (Å²) in [5.41, 5.74) is 8.83. The fourth-order valence-electron chi connectivity index (χ4n) is 3.75. The number of amides is 1. The van der Waals surface area contributed by atoms with E-state index in [1.807, 2.05) is 13.8 Å². The third kappa shape index (κ3) is 4.85. The van der Waals surface area contributed by atoms with Crippen LogP contribution in [0.5, 0.6) is 17.4 Å². The van der Waals surface area contributed by atoms with Gasteiger partial charge in [-0.2, -0.15) is 5.26 Å². The smallest absolute Gasteiger partial charge is 0.262 e. The number of halogens is 2. The summed E-state index contributed by atoms with van der Waals surface area (Å²) in [5.74, 6) is 0.137. The number of H-pyrrole nitrogens is 1. The van der Waals surface area contributed by atoms with Crippen LogP contribution in [0.2, 0.25) is 10.0 Å². The fraction of sp³-hybridized carbons (Fsp3) is 0.208. The van der Waals surface area contributed by atoms with Crippen LogP contribution in [0, 0.1) is 18.3 Å². The van der Waals surface area contributed by atoms with E-state index in [4.69, 9.17) is 43.1 Å². The predicted molar refractivity (Wildman–Crippen MR) is 131 cm³/mol. The second-order valence-electron chi connectivity index (χ2n) is 7.57. The molecule has 0 radical (unpaired) electrons. The van der Waals surface area contributed by atoms with Gasteiger partial charge in [0.1, 0.15) is 11.6 Å². The number of carbonyl (C=O) groups is 1. The largest absolute Gasteiger partial charge is 0.490 e. The van der Waals surface area contributed by atoms with Crippen LogP contribution in [0.3, 0.4) is 0 Å². The van der Waals surface area contributed by atoms with Crippen molar-refractivity contribution in [2.75, 3.05) is 18.5 Å². The lowest BCUT2D eigenvalue weighted by Crippen LogP contribution is -2.21. The van der Waals surface area contributed by atoms with Crippen LogP contribution in [0.4, 0.5) is 5.69 Å². The number of carbonyl (C=O) groups excluding carboxylic acids is 1. The van der Waals surface area contributed by atoms with E-state index in [1.165, 1.54) is 0 Å². The van der Waals surface area contributed by atoms with E-state index >= 15 is 0 Å². The minimum atomic E-state index is -0.510. The van der Waals surface area contributed by atoms with Gasteiger partial charge in [-0.25, -0.2) is 0 Å².